The van der Waals surface area contributed by atoms with Gasteiger partial charge in [-0.25, -0.2) is 13.4 Å². The van der Waals surface area contributed by atoms with E-state index in [2.05, 4.69) is 4.98 Å². The highest BCUT2D eigenvalue weighted by Gasteiger charge is 2.28. The molecule has 8 nitrogen and oxygen atoms in total. The average molecular weight is 590 g/mol. The minimum atomic E-state index is -3.72. The van der Waals surface area contributed by atoms with E-state index < -0.39 is 10.0 Å². The van der Waals surface area contributed by atoms with Crippen LogP contribution in [-0.4, -0.2) is 43.8 Å². The fourth-order valence-electron chi connectivity index (χ4n) is 4.17. The second kappa shape index (κ2) is 12.1. The number of hydrogen-bond donors (Lipinski definition) is 0. The van der Waals surface area contributed by atoms with Gasteiger partial charge in [0.05, 0.1) is 34.5 Å². The number of furan rings is 1. The first-order valence-electron chi connectivity index (χ1n) is 12.6. The minimum absolute atomic E-state index is 0.127. The van der Waals surface area contributed by atoms with Gasteiger partial charge in [-0.2, -0.15) is 4.31 Å². The van der Waals surface area contributed by atoms with Crippen LogP contribution in [0.3, 0.4) is 0 Å². The predicted octanol–water partition coefficient (Wildman–Crippen LogP) is 6.70. The Morgan fingerprint density at radius 1 is 1.05 bits per heavy atom. The number of benzene rings is 2. The van der Waals surface area contributed by atoms with E-state index in [1.165, 1.54) is 51.1 Å². The standard InChI is InChI=1S/C28H32ClN3O5S2/c1-18(2)15-31(16-19(3)4)39(34,35)22-10-8-20(9-11-22)27(33)32(17-21-7-6-14-37-21)28-30-25-24(36-5)13-12-23(29)26(25)38-28/h6-14,18-19H,15-17H2,1-5H3. The van der Waals surface area contributed by atoms with Crippen molar-refractivity contribution in [1.29, 1.82) is 0 Å². The van der Waals surface area contributed by atoms with Crippen LogP contribution in [0, 0.1) is 11.8 Å². The van der Waals surface area contributed by atoms with Crippen LogP contribution in [0.5, 0.6) is 5.75 Å². The molecule has 0 saturated carbocycles. The van der Waals surface area contributed by atoms with Crippen molar-refractivity contribution in [1.82, 2.24) is 9.29 Å². The number of nitrogens with zero attached hydrogens (tertiary/aromatic N) is 3. The van der Waals surface area contributed by atoms with Crippen molar-refractivity contribution in [3.8, 4) is 5.75 Å². The Balaban J connectivity index is 1.69. The van der Waals surface area contributed by atoms with E-state index in [1.54, 1.807) is 31.4 Å². The molecule has 4 rings (SSSR count). The van der Waals surface area contributed by atoms with Gasteiger partial charge in [-0.1, -0.05) is 50.6 Å². The molecule has 0 fully saturated rings. The number of thiazole rings is 1. The number of hydrogen-bond acceptors (Lipinski definition) is 7. The Bertz CT molecular complexity index is 1520. The largest absolute Gasteiger partial charge is 0.494 e. The maximum atomic E-state index is 13.8. The number of rotatable bonds is 11. The number of amides is 1. The highest BCUT2D eigenvalue weighted by atomic mass is 35.5. The number of carbonyl (C=O) groups is 1. The van der Waals surface area contributed by atoms with Crippen molar-refractivity contribution < 1.29 is 22.4 Å². The molecule has 0 atom stereocenters. The number of fused-ring (bicyclic) bond motifs is 1. The summed E-state index contributed by atoms with van der Waals surface area (Å²) in [7, 11) is -2.17. The van der Waals surface area contributed by atoms with Gasteiger partial charge in [0.25, 0.3) is 5.91 Å². The molecule has 39 heavy (non-hydrogen) atoms. The van der Waals surface area contributed by atoms with Gasteiger partial charge in [-0.05, 0) is 60.4 Å². The predicted molar refractivity (Wildman–Crippen MR) is 155 cm³/mol. The summed E-state index contributed by atoms with van der Waals surface area (Å²) in [4.78, 5) is 20.1. The number of halogens is 1. The molecule has 0 spiro atoms. The minimum Gasteiger partial charge on any atom is -0.494 e. The van der Waals surface area contributed by atoms with Gasteiger partial charge in [0.15, 0.2) is 5.13 Å². The van der Waals surface area contributed by atoms with E-state index in [0.29, 0.717) is 50.5 Å². The lowest BCUT2D eigenvalue weighted by molar-refractivity contribution is 0.0983. The first kappa shape index (κ1) is 29.1. The van der Waals surface area contributed by atoms with Gasteiger partial charge in [-0.15, -0.1) is 0 Å². The first-order valence-corrected chi connectivity index (χ1v) is 15.2. The topological polar surface area (TPSA) is 92.9 Å². The zero-order chi connectivity index (χ0) is 28.3. The van der Waals surface area contributed by atoms with Crippen LogP contribution >= 0.6 is 22.9 Å². The van der Waals surface area contributed by atoms with Gasteiger partial charge in [0.1, 0.15) is 17.0 Å². The monoisotopic (exact) mass is 589 g/mol. The highest BCUT2D eigenvalue weighted by Crippen LogP contribution is 2.39. The molecule has 2 aromatic heterocycles. The van der Waals surface area contributed by atoms with Crippen molar-refractivity contribution in [3.63, 3.8) is 0 Å². The zero-order valence-electron chi connectivity index (χ0n) is 22.5. The van der Waals surface area contributed by atoms with Gasteiger partial charge in [0, 0.05) is 18.7 Å². The molecule has 208 valence electrons. The average Bonchev–Trinajstić information content (AvgIpc) is 3.57. The van der Waals surface area contributed by atoms with Crippen molar-refractivity contribution >= 4 is 54.2 Å². The lowest BCUT2D eigenvalue weighted by atomic mass is 10.2. The summed E-state index contributed by atoms with van der Waals surface area (Å²) in [6.07, 6.45) is 1.54. The SMILES string of the molecule is COc1ccc(Cl)c2sc(N(Cc3ccco3)C(=O)c3ccc(S(=O)(=O)N(CC(C)C)CC(C)C)cc3)nc12. The van der Waals surface area contributed by atoms with E-state index in [-0.39, 0.29) is 29.2 Å². The van der Waals surface area contributed by atoms with Crippen LogP contribution in [0.4, 0.5) is 5.13 Å². The molecule has 0 aliphatic heterocycles. The van der Waals surface area contributed by atoms with E-state index >= 15 is 0 Å². The quantitative estimate of drug-likeness (QED) is 0.193. The smallest absolute Gasteiger partial charge is 0.260 e. The summed E-state index contributed by atoms with van der Waals surface area (Å²) in [6, 6.07) is 13.0. The van der Waals surface area contributed by atoms with Crippen LogP contribution in [0.1, 0.15) is 43.8 Å². The number of aromatic nitrogens is 1. The number of sulfonamides is 1. The summed E-state index contributed by atoms with van der Waals surface area (Å²) in [5.74, 6) is 1.11. The number of anilines is 1. The fraction of sp³-hybridized carbons (Fsp3) is 0.357. The maximum absolute atomic E-state index is 13.8. The second-order valence-corrected chi connectivity index (χ2v) is 13.4. The Hall–Kier alpha value is -2.92. The summed E-state index contributed by atoms with van der Waals surface area (Å²) in [5, 5.41) is 0.913. The third-order valence-electron chi connectivity index (χ3n) is 5.91. The van der Waals surface area contributed by atoms with Crippen LogP contribution in [0.25, 0.3) is 10.2 Å². The Kier molecular flexibility index (Phi) is 9.00. The summed E-state index contributed by atoms with van der Waals surface area (Å²) in [6.45, 7) is 8.92. The molecule has 2 aromatic carbocycles. The third-order valence-corrected chi connectivity index (χ3v) is 9.30. The molecule has 0 aliphatic carbocycles. The number of ether oxygens (including phenoxy) is 1. The van der Waals surface area contributed by atoms with Crippen molar-refractivity contribution in [2.45, 2.75) is 39.1 Å². The molecule has 0 N–H and O–H groups in total. The lowest BCUT2D eigenvalue weighted by Gasteiger charge is -2.25. The molecule has 0 aliphatic rings. The van der Waals surface area contributed by atoms with E-state index in [1.807, 2.05) is 27.7 Å². The Labute approximate surface area is 238 Å². The van der Waals surface area contributed by atoms with Gasteiger partial charge in [-0.3, -0.25) is 9.69 Å². The van der Waals surface area contributed by atoms with Gasteiger partial charge >= 0.3 is 0 Å². The van der Waals surface area contributed by atoms with Crippen LogP contribution in [0.15, 0.2) is 64.1 Å². The molecular weight excluding hydrogens is 558 g/mol. The number of methoxy groups -OCH3 is 1. The van der Waals surface area contributed by atoms with Gasteiger partial charge in [0.2, 0.25) is 10.0 Å². The molecule has 2 heterocycles. The Morgan fingerprint density at radius 3 is 2.28 bits per heavy atom. The Morgan fingerprint density at radius 2 is 1.72 bits per heavy atom. The lowest BCUT2D eigenvalue weighted by Crippen LogP contribution is -2.37. The molecule has 0 saturated heterocycles. The van der Waals surface area contributed by atoms with Crippen LogP contribution in [0.2, 0.25) is 5.02 Å². The first-order chi connectivity index (χ1) is 18.5. The van der Waals surface area contributed by atoms with Crippen molar-refractivity contribution in [3.05, 3.63) is 71.1 Å². The fourth-order valence-corrected chi connectivity index (χ4v) is 7.19. The summed E-state index contributed by atoms with van der Waals surface area (Å²) < 4.78 is 40.0. The molecule has 1 amide bonds. The van der Waals surface area contributed by atoms with E-state index in [0.717, 1.165) is 0 Å². The van der Waals surface area contributed by atoms with Gasteiger partial charge < -0.3 is 9.15 Å². The van der Waals surface area contributed by atoms with E-state index in [9.17, 15) is 13.2 Å². The van der Waals surface area contributed by atoms with Crippen LogP contribution in [-0.2, 0) is 16.6 Å². The van der Waals surface area contributed by atoms with Crippen molar-refractivity contribution in [2.75, 3.05) is 25.1 Å². The summed E-state index contributed by atoms with van der Waals surface area (Å²) in [5.41, 5.74) is 0.871. The maximum Gasteiger partial charge on any atom is 0.260 e. The number of carbonyl (C=O) groups excluding carboxylic acids is 1. The van der Waals surface area contributed by atoms with Crippen molar-refractivity contribution in [2.24, 2.45) is 11.8 Å². The molecule has 0 radical (unpaired) electrons. The molecular formula is C28H32ClN3O5S2. The third kappa shape index (κ3) is 6.46. The highest BCUT2D eigenvalue weighted by molar-refractivity contribution is 7.89. The molecule has 0 bridgehead atoms. The normalized spacial score (nSPS) is 12.1. The van der Waals surface area contributed by atoms with E-state index in [4.69, 9.17) is 20.8 Å². The molecule has 4 aromatic rings. The second-order valence-electron chi connectivity index (χ2n) is 10.0. The zero-order valence-corrected chi connectivity index (χ0v) is 24.9. The molecule has 0 unspecified atom stereocenters. The van der Waals surface area contributed by atoms with Crippen LogP contribution < -0.4 is 9.64 Å². The molecule has 11 heteroatoms. The summed E-state index contributed by atoms with van der Waals surface area (Å²) >= 11 is 7.69.